The zero-order chi connectivity index (χ0) is 17.4. The lowest BCUT2D eigenvalue weighted by Crippen LogP contribution is -2.38. The smallest absolute Gasteiger partial charge is 0.232 e. The predicted octanol–water partition coefficient (Wildman–Crippen LogP) is 2.20. The number of anilines is 1. The second-order valence-corrected chi connectivity index (χ2v) is 7.41. The molecule has 0 aromatic heterocycles. The van der Waals surface area contributed by atoms with Gasteiger partial charge in [-0.05, 0) is 24.1 Å². The number of benzene rings is 2. The molecule has 0 unspecified atom stereocenters. The zero-order valence-corrected chi connectivity index (χ0v) is 14.5. The Balaban J connectivity index is 1.83. The molecule has 0 saturated carbocycles. The second kappa shape index (κ2) is 8.49. The molecule has 6 heteroatoms. The first kappa shape index (κ1) is 18.0. The fourth-order valence-electron chi connectivity index (χ4n) is 2.37. The number of nitrogens with one attached hydrogen (secondary N) is 1. The van der Waals surface area contributed by atoms with Crippen molar-refractivity contribution in [2.45, 2.75) is 12.8 Å². The summed E-state index contributed by atoms with van der Waals surface area (Å²) >= 11 is 0. The van der Waals surface area contributed by atoms with Crippen LogP contribution in [0.15, 0.2) is 60.7 Å². The van der Waals surface area contributed by atoms with Gasteiger partial charge in [-0.3, -0.25) is 9.10 Å². The number of para-hydroxylation sites is 1. The summed E-state index contributed by atoms with van der Waals surface area (Å²) in [6.45, 7) is 0.482. The van der Waals surface area contributed by atoms with Crippen LogP contribution >= 0.6 is 0 Å². The Morgan fingerprint density at radius 1 is 1.00 bits per heavy atom. The summed E-state index contributed by atoms with van der Waals surface area (Å²) in [6, 6.07) is 18.6. The van der Waals surface area contributed by atoms with Crippen LogP contribution in [0.1, 0.15) is 12.0 Å². The van der Waals surface area contributed by atoms with Crippen molar-refractivity contribution in [1.82, 2.24) is 5.32 Å². The highest BCUT2D eigenvalue weighted by Gasteiger charge is 2.16. The lowest BCUT2D eigenvalue weighted by Gasteiger charge is -2.22. The Bertz CT molecular complexity index is 746. The van der Waals surface area contributed by atoms with E-state index in [-0.39, 0.29) is 19.0 Å². The van der Waals surface area contributed by atoms with Crippen molar-refractivity contribution < 1.29 is 13.2 Å². The highest BCUT2D eigenvalue weighted by molar-refractivity contribution is 7.92. The molecule has 0 fully saturated rings. The number of sulfonamides is 1. The van der Waals surface area contributed by atoms with Crippen molar-refractivity contribution in [1.29, 1.82) is 0 Å². The molecule has 1 N–H and O–H groups in total. The summed E-state index contributed by atoms with van der Waals surface area (Å²) in [5.41, 5.74) is 1.70. The summed E-state index contributed by atoms with van der Waals surface area (Å²) in [4.78, 5) is 11.9. The molecular weight excluding hydrogens is 324 g/mol. The molecule has 0 aliphatic heterocycles. The SMILES string of the molecule is CS(=O)(=O)N(CCNC(=O)CCc1ccccc1)c1ccccc1. The molecule has 0 aliphatic carbocycles. The van der Waals surface area contributed by atoms with E-state index in [0.29, 0.717) is 18.5 Å². The van der Waals surface area contributed by atoms with Crippen molar-refractivity contribution in [3.05, 3.63) is 66.2 Å². The number of aryl methyl sites for hydroxylation is 1. The van der Waals surface area contributed by atoms with Crippen molar-refractivity contribution in [3.8, 4) is 0 Å². The molecular formula is C18H22N2O3S. The summed E-state index contributed by atoms with van der Waals surface area (Å²) in [7, 11) is -3.39. The van der Waals surface area contributed by atoms with Crippen LogP contribution in [0, 0.1) is 0 Å². The quantitative estimate of drug-likeness (QED) is 0.797. The van der Waals surface area contributed by atoms with E-state index in [9.17, 15) is 13.2 Å². The van der Waals surface area contributed by atoms with Gasteiger partial charge in [0.15, 0.2) is 0 Å². The van der Waals surface area contributed by atoms with Crippen molar-refractivity contribution in [3.63, 3.8) is 0 Å². The van der Waals surface area contributed by atoms with Gasteiger partial charge in [0.05, 0.1) is 18.5 Å². The molecule has 0 saturated heterocycles. The number of carbonyl (C=O) groups is 1. The fraction of sp³-hybridized carbons (Fsp3) is 0.278. The minimum atomic E-state index is -3.39. The molecule has 0 aliphatic rings. The summed E-state index contributed by atoms with van der Waals surface area (Å²) in [5.74, 6) is -0.0830. The Kier molecular flexibility index (Phi) is 6.37. The lowest BCUT2D eigenvalue weighted by atomic mass is 10.1. The van der Waals surface area contributed by atoms with E-state index < -0.39 is 10.0 Å². The van der Waals surface area contributed by atoms with E-state index in [1.54, 1.807) is 24.3 Å². The Hall–Kier alpha value is -2.34. The predicted molar refractivity (Wildman–Crippen MR) is 96.4 cm³/mol. The molecule has 128 valence electrons. The lowest BCUT2D eigenvalue weighted by molar-refractivity contribution is -0.120. The summed E-state index contributed by atoms with van der Waals surface area (Å²) in [6.07, 6.45) is 2.21. The fourth-order valence-corrected chi connectivity index (χ4v) is 3.30. The molecule has 0 spiro atoms. The van der Waals surface area contributed by atoms with Crippen LogP contribution in [0.2, 0.25) is 0 Å². The minimum Gasteiger partial charge on any atom is -0.354 e. The molecule has 0 radical (unpaired) electrons. The standard InChI is InChI=1S/C18H22N2O3S/c1-24(22,23)20(17-10-6-3-7-11-17)15-14-19-18(21)13-12-16-8-4-2-5-9-16/h2-11H,12-15H2,1H3,(H,19,21). The number of nitrogens with zero attached hydrogens (tertiary/aromatic N) is 1. The van der Waals surface area contributed by atoms with Gasteiger partial charge in [0.2, 0.25) is 15.9 Å². The molecule has 2 aromatic rings. The molecule has 2 aromatic carbocycles. The van der Waals surface area contributed by atoms with Gasteiger partial charge in [-0.25, -0.2) is 8.42 Å². The average molecular weight is 346 g/mol. The number of hydrogen-bond acceptors (Lipinski definition) is 3. The third-order valence-electron chi connectivity index (χ3n) is 3.57. The van der Waals surface area contributed by atoms with Crippen molar-refractivity contribution in [2.24, 2.45) is 0 Å². The highest BCUT2D eigenvalue weighted by Crippen LogP contribution is 2.15. The first-order valence-electron chi connectivity index (χ1n) is 7.80. The van der Waals surface area contributed by atoms with E-state index in [1.807, 2.05) is 36.4 Å². The van der Waals surface area contributed by atoms with Gasteiger partial charge >= 0.3 is 0 Å². The minimum absolute atomic E-state index is 0.0830. The Labute approximate surface area is 143 Å². The molecule has 2 rings (SSSR count). The number of rotatable bonds is 8. The molecule has 0 heterocycles. The zero-order valence-electron chi connectivity index (χ0n) is 13.7. The first-order valence-corrected chi connectivity index (χ1v) is 9.65. The normalized spacial score (nSPS) is 11.0. The molecule has 0 bridgehead atoms. The monoisotopic (exact) mass is 346 g/mol. The van der Waals surface area contributed by atoms with E-state index >= 15 is 0 Å². The Morgan fingerprint density at radius 3 is 2.17 bits per heavy atom. The largest absolute Gasteiger partial charge is 0.354 e. The van der Waals surface area contributed by atoms with Gasteiger partial charge in [0.25, 0.3) is 0 Å². The van der Waals surface area contributed by atoms with Crippen LogP contribution in [0.5, 0.6) is 0 Å². The van der Waals surface area contributed by atoms with Gasteiger partial charge in [0, 0.05) is 13.0 Å². The van der Waals surface area contributed by atoms with E-state index in [0.717, 1.165) is 11.8 Å². The van der Waals surface area contributed by atoms with E-state index in [4.69, 9.17) is 0 Å². The van der Waals surface area contributed by atoms with Gasteiger partial charge in [-0.1, -0.05) is 48.5 Å². The molecule has 0 atom stereocenters. The van der Waals surface area contributed by atoms with Crippen molar-refractivity contribution >= 4 is 21.6 Å². The molecule has 5 nitrogen and oxygen atoms in total. The molecule has 1 amide bonds. The van der Waals surface area contributed by atoms with Gasteiger partial charge in [-0.15, -0.1) is 0 Å². The summed E-state index contributed by atoms with van der Waals surface area (Å²) < 4.78 is 25.2. The third kappa shape index (κ3) is 5.70. The number of carbonyl (C=O) groups excluding carboxylic acids is 1. The maximum atomic E-state index is 11.9. The second-order valence-electron chi connectivity index (χ2n) is 5.51. The topological polar surface area (TPSA) is 66.5 Å². The van der Waals surface area contributed by atoms with Crippen LogP contribution < -0.4 is 9.62 Å². The highest BCUT2D eigenvalue weighted by atomic mass is 32.2. The van der Waals surface area contributed by atoms with Gasteiger partial charge in [0.1, 0.15) is 0 Å². The van der Waals surface area contributed by atoms with Crippen LogP contribution in [0.25, 0.3) is 0 Å². The van der Waals surface area contributed by atoms with Gasteiger partial charge < -0.3 is 5.32 Å². The van der Waals surface area contributed by atoms with Crippen molar-refractivity contribution in [2.75, 3.05) is 23.7 Å². The third-order valence-corrected chi connectivity index (χ3v) is 4.76. The van der Waals surface area contributed by atoms with E-state index in [2.05, 4.69) is 5.32 Å². The van der Waals surface area contributed by atoms with Crippen LogP contribution in [0.3, 0.4) is 0 Å². The first-order chi connectivity index (χ1) is 11.5. The van der Waals surface area contributed by atoms with Crippen LogP contribution in [0.4, 0.5) is 5.69 Å². The van der Waals surface area contributed by atoms with Crippen LogP contribution in [-0.2, 0) is 21.2 Å². The van der Waals surface area contributed by atoms with Gasteiger partial charge in [-0.2, -0.15) is 0 Å². The average Bonchev–Trinajstić information content (AvgIpc) is 2.57. The maximum Gasteiger partial charge on any atom is 0.232 e. The number of amides is 1. The maximum absolute atomic E-state index is 11.9. The van der Waals surface area contributed by atoms with E-state index in [1.165, 1.54) is 4.31 Å². The Morgan fingerprint density at radius 2 is 1.58 bits per heavy atom. The number of hydrogen-bond donors (Lipinski definition) is 1. The van der Waals surface area contributed by atoms with Crippen LogP contribution in [-0.4, -0.2) is 33.7 Å². The molecule has 24 heavy (non-hydrogen) atoms. The summed E-state index contributed by atoms with van der Waals surface area (Å²) in [5, 5.41) is 2.78.